The molecule has 0 radical (unpaired) electrons. The zero-order chi connectivity index (χ0) is 23.3. The molecule has 0 bridgehead atoms. The molecule has 0 atom stereocenters. The highest BCUT2D eigenvalue weighted by molar-refractivity contribution is 7.89. The predicted molar refractivity (Wildman–Crippen MR) is 123 cm³/mol. The van der Waals surface area contributed by atoms with Gasteiger partial charge in [0.2, 0.25) is 21.7 Å². The van der Waals surface area contributed by atoms with E-state index in [-0.39, 0.29) is 4.90 Å². The molecule has 0 amide bonds. The largest absolute Gasteiger partial charge is 0.494 e. The van der Waals surface area contributed by atoms with Gasteiger partial charge in [-0.25, -0.2) is 8.42 Å². The molecule has 3 aromatic rings. The molecule has 0 unspecified atom stereocenters. The van der Waals surface area contributed by atoms with Gasteiger partial charge < -0.3 is 14.0 Å². The monoisotopic (exact) mass is 472 g/mol. The molecule has 0 saturated carbocycles. The summed E-state index contributed by atoms with van der Waals surface area (Å²) in [4.78, 5) is 6.89. The minimum Gasteiger partial charge on any atom is -0.494 e. The average molecular weight is 473 g/mol. The Morgan fingerprint density at radius 3 is 2.33 bits per heavy atom. The van der Waals surface area contributed by atoms with E-state index in [0.29, 0.717) is 69.2 Å². The van der Waals surface area contributed by atoms with Crippen LogP contribution in [-0.4, -0.2) is 67.2 Å². The quantitative estimate of drug-likeness (QED) is 0.469. The predicted octanol–water partition coefficient (Wildman–Crippen LogP) is 3.04. The first-order chi connectivity index (χ1) is 16.0. The number of nitrogens with zero attached hydrogens (tertiary/aromatic N) is 4. The van der Waals surface area contributed by atoms with E-state index >= 15 is 0 Å². The van der Waals surface area contributed by atoms with Crippen LogP contribution in [0, 0.1) is 0 Å². The van der Waals surface area contributed by atoms with Gasteiger partial charge in [-0.05, 0) is 50.2 Å². The molecule has 1 aliphatic heterocycles. The molecule has 1 aliphatic rings. The summed E-state index contributed by atoms with van der Waals surface area (Å²) in [5, 5.41) is 4.10. The van der Waals surface area contributed by atoms with Crippen molar-refractivity contribution in [1.82, 2.24) is 19.3 Å². The Morgan fingerprint density at radius 2 is 1.64 bits per heavy atom. The van der Waals surface area contributed by atoms with Crippen LogP contribution in [0.1, 0.15) is 19.7 Å². The molecule has 1 fully saturated rings. The highest BCUT2D eigenvalue weighted by atomic mass is 32.2. The van der Waals surface area contributed by atoms with Gasteiger partial charge in [-0.1, -0.05) is 17.3 Å². The van der Waals surface area contributed by atoms with Gasteiger partial charge in [-0.2, -0.15) is 9.29 Å². The fourth-order valence-corrected chi connectivity index (χ4v) is 5.13. The number of aromatic nitrogens is 2. The molecule has 1 saturated heterocycles. The van der Waals surface area contributed by atoms with Gasteiger partial charge in [0.1, 0.15) is 11.5 Å². The SMILES string of the molecule is CCOc1ccc(S(=O)(=O)N2CCN(Cc3nc(-c4ccccc4OCC)no3)CC2)cc1. The van der Waals surface area contributed by atoms with E-state index in [0.717, 1.165) is 5.56 Å². The lowest BCUT2D eigenvalue weighted by Crippen LogP contribution is -2.48. The zero-order valence-corrected chi connectivity index (χ0v) is 19.6. The first-order valence-electron chi connectivity index (χ1n) is 11.0. The summed E-state index contributed by atoms with van der Waals surface area (Å²) in [5.41, 5.74) is 0.778. The number of rotatable bonds is 9. The van der Waals surface area contributed by atoms with Crippen molar-refractivity contribution < 1.29 is 22.4 Å². The third-order valence-electron chi connectivity index (χ3n) is 5.36. The Labute approximate surface area is 194 Å². The lowest BCUT2D eigenvalue weighted by molar-refractivity contribution is 0.163. The summed E-state index contributed by atoms with van der Waals surface area (Å²) in [6.07, 6.45) is 0. The minimum absolute atomic E-state index is 0.272. The van der Waals surface area contributed by atoms with E-state index in [2.05, 4.69) is 15.0 Å². The van der Waals surface area contributed by atoms with E-state index in [1.807, 2.05) is 38.1 Å². The molecule has 33 heavy (non-hydrogen) atoms. The summed E-state index contributed by atoms with van der Waals surface area (Å²) in [6, 6.07) is 14.1. The molecule has 4 rings (SSSR count). The fraction of sp³-hybridized carbons (Fsp3) is 0.391. The van der Waals surface area contributed by atoms with Gasteiger partial charge in [0, 0.05) is 26.2 Å². The van der Waals surface area contributed by atoms with E-state index < -0.39 is 10.0 Å². The van der Waals surface area contributed by atoms with Crippen LogP contribution in [0.5, 0.6) is 11.5 Å². The second-order valence-electron chi connectivity index (χ2n) is 7.53. The normalized spacial score (nSPS) is 15.5. The highest BCUT2D eigenvalue weighted by Crippen LogP contribution is 2.28. The molecule has 0 spiro atoms. The number of piperazine rings is 1. The Bertz CT molecular complexity index is 1160. The molecule has 0 aliphatic carbocycles. The molecule has 2 aromatic carbocycles. The topological polar surface area (TPSA) is 98.0 Å². The lowest BCUT2D eigenvalue weighted by Gasteiger charge is -2.33. The van der Waals surface area contributed by atoms with Crippen molar-refractivity contribution in [2.75, 3.05) is 39.4 Å². The van der Waals surface area contributed by atoms with Crippen molar-refractivity contribution in [3.8, 4) is 22.9 Å². The number of ether oxygens (including phenoxy) is 2. The summed E-state index contributed by atoms with van der Waals surface area (Å²) in [6.45, 7) is 7.29. The van der Waals surface area contributed by atoms with Crippen LogP contribution in [0.3, 0.4) is 0 Å². The molecule has 1 aromatic heterocycles. The van der Waals surface area contributed by atoms with Crippen molar-refractivity contribution in [1.29, 1.82) is 0 Å². The van der Waals surface area contributed by atoms with Gasteiger partial charge in [0.25, 0.3) is 0 Å². The Balaban J connectivity index is 1.36. The molecule has 176 valence electrons. The summed E-state index contributed by atoms with van der Waals surface area (Å²) >= 11 is 0. The minimum atomic E-state index is -3.55. The van der Waals surface area contributed by atoms with Crippen LogP contribution in [0.2, 0.25) is 0 Å². The number of benzene rings is 2. The van der Waals surface area contributed by atoms with Crippen LogP contribution >= 0.6 is 0 Å². The van der Waals surface area contributed by atoms with E-state index in [1.54, 1.807) is 24.3 Å². The molecule has 9 nitrogen and oxygen atoms in total. The molecular formula is C23H28N4O5S. The Morgan fingerprint density at radius 1 is 0.939 bits per heavy atom. The van der Waals surface area contributed by atoms with Crippen LogP contribution < -0.4 is 9.47 Å². The van der Waals surface area contributed by atoms with Gasteiger partial charge in [0.05, 0.1) is 30.2 Å². The maximum atomic E-state index is 13.0. The van der Waals surface area contributed by atoms with Crippen LogP contribution in [0.25, 0.3) is 11.4 Å². The molecular weight excluding hydrogens is 444 g/mol. The first-order valence-corrected chi connectivity index (χ1v) is 12.5. The molecule has 2 heterocycles. The van der Waals surface area contributed by atoms with Crippen molar-refractivity contribution in [2.45, 2.75) is 25.3 Å². The third kappa shape index (κ3) is 5.35. The Hall–Kier alpha value is -2.95. The van der Waals surface area contributed by atoms with E-state index in [9.17, 15) is 8.42 Å². The van der Waals surface area contributed by atoms with Crippen molar-refractivity contribution in [2.24, 2.45) is 0 Å². The van der Waals surface area contributed by atoms with Crippen molar-refractivity contribution >= 4 is 10.0 Å². The number of para-hydroxylation sites is 1. The fourth-order valence-electron chi connectivity index (χ4n) is 3.70. The summed E-state index contributed by atoms with van der Waals surface area (Å²) < 4.78 is 44.0. The average Bonchev–Trinajstić information content (AvgIpc) is 3.29. The van der Waals surface area contributed by atoms with E-state index in [1.165, 1.54) is 4.31 Å². The maximum Gasteiger partial charge on any atom is 0.243 e. The second kappa shape index (κ2) is 10.3. The second-order valence-corrected chi connectivity index (χ2v) is 9.46. The molecule has 0 N–H and O–H groups in total. The van der Waals surface area contributed by atoms with Gasteiger partial charge in [0.15, 0.2) is 0 Å². The maximum absolute atomic E-state index is 13.0. The summed E-state index contributed by atoms with van der Waals surface area (Å²) in [7, 11) is -3.55. The summed E-state index contributed by atoms with van der Waals surface area (Å²) in [5.74, 6) is 2.33. The lowest BCUT2D eigenvalue weighted by atomic mass is 10.2. The van der Waals surface area contributed by atoms with Crippen molar-refractivity contribution in [3.05, 3.63) is 54.4 Å². The number of hydrogen-bond acceptors (Lipinski definition) is 8. The molecule has 10 heteroatoms. The van der Waals surface area contributed by atoms with Crippen LogP contribution in [-0.2, 0) is 16.6 Å². The van der Waals surface area contributed by atoms with Crippen LogP contribution in [0.15, 0.2) is 57.9 Å². The number of hydrogen-bond donors (Lipinski definition) is 0. The van der Waals surface area contributed by atoms with Crippen LogP contribution in [0.4, 0.5) is 0 Å². The van der Waals surface area contributed by atoms with E-state index in [4.69, 9.17) is 14.0 Å². The smallest absolute Gasteiger partial charge is 0.243 e. The van der Waals surface area contributed by atoms with Gasteiger partial charge in [-0.3, -0.25) is 4.90 Å². The first kappa shape index (κ1) is 23.2. The highest BCUT2D eigenvalue weighted by Gasteiger charge is 2.29. The zero-order valence-electron chi connectivity index (χ0n) is 18.8. The third-order valence-corrected chi connectivity index (χ3v) is 7.27. The standard InChI is InChI=1S/C23H28N4O5S/c1-3-30-18-9-11-19(12-10-18)33(28,29)27-15-13-26(14-16-27)17-22-24-23(25-32-22)20-7-5-6-8-21(20)31-4-2/h5-12H,3-4,13-17H2,1-2H3. The van der Waals surface area contributed by atoms with Gasteiger partial charge in [-0.15, -0.1) is 0 Å². The van der Waals surface area contributed by atoms with Crippen molar-refractivity contribution in [3.63, 3.8) is 0 Å². The number of sulfonamides is 1. The Kier molecular flexibility index (Phi) is 7.26. The van der Waals surface area contributed by atoms with Gasteiger partial charge >= 0.3 is 0 Å².